The Kier molecular flexibility index (Phi) is 5.58. The minimum absolute atomic E-state index is 0.0295. The van der Waals surface area contributed by atoms with Gasteiger partial charge in [-0.05, 0) is 6.42 Å². The number of amides is 2. The predicted molar refractivity (Wildman–Crippen MR) is 96.6 cm³/mol. The fourth-order valence-corrected chi connectivity index (χ4v) is 4.65. The second-order valence-corrected chi connectivity index (χ2v) is 8.34. The molecule has 1 atom stereocenters. The Morgan fingerprint density at radius 1 is 1.38 bits per heavy atom. The monoisotopic (exact) mass is 379 g/mol. The minimum atomic E-state index is -3.10. The molecule has 8 nitrogen and oxygen atoms in total. The fourth-order valence-electron chi connectivity index (χ4n) is 2.91. The van der Waals surface area contributed by atoms with Gasteiger partial charge in [-0.3, -0.25) is 5.32 Å². The molecule has 0 spiro atoms. The number of methoxy groups -OCH3 is 1. The first-order chi connectivity index (χ1) is 12.5. The summed E-state index contributed by atoms with van der Waals surface area (Å²) in [5, 5.41) is 6.54. The van der Waals surface area contributed by atoms with E-state index in [9.17, 15) is 13.2 Å². The number of anilines is 1. The first kappa shape index (κ1) is 18.4. The molecule has 1 aliphatic heterocycles. The number of hydrogen-bond acceptors (Lipinski definition) is 6. The Labute approximate surface area is 152 Å². The maximum absolute atomic E-state index is 12.6. The molecule has 2 heterocycles. The van der Waals surface area contributed by atoms with Gasteiger partial charge in [0.05, 0.1) is 18.1 Å². The predicted octanol–water partition coefficient (Wildman–Crippen LogP) is 2.01. The van der Waals surface area contributed by atoms with Crippen molar-refractivity contribution in [3.8, 4) is 11.3 Å². The van der Waals surface area contributed by atoms with Gasteiger partial charge in [-0.15, -0.1) is 0 Å². The van der Waals surface area contributed by atoms with Crippen LogP contribution in [0.4, 0.5) is 10.6 Å². The third-order valence-electron chi connectivity index (χ3n) is 4.25. The summed E-state index contributed by atoms with van der Waals surface area (Å²) in [4.78, 5) is 14.1. The maximum Gasteiger partial charge on any atom is 0.323 e. The molecule has 2 aromatic rings. The highest BCUT2D eigenvalue weighted by atomic mass is 32.2. The molecule has 0 aliphatic carbocycles. The number of benzene rings is 1. The molecule has 1 saturated heterocycles. The van der Waals surface area contributed by atoms with E-state index in [0.29, 0.717) is 25.3 Å². The molecule has 1 aliphatic rings. The van der Waals surface area contributed by atoms with Crippen LogP contribution in [0.5, 0.6) is 0 Å². The van der Waals surface area contributed by atoms with E-state index in [2.05, 4.69) is 10.5 Å². The summed E-state index contributed by atoms with van der Waals surface area (Å²) in [5.74, 6) is 0.874. The largest absolute Gasteiger partial charge is 0.383 e. The highest BCUT2D eigenvalue weighted by Gasteiger charge is 2.34. The number of rotatable bonds is 6. The van der Waals surface area contributed by atoms with Gasteiger partial charge in [0, 0.05) is 31.3 Å². The van der Waals surface area contributed by atoms with Gasteiger partial charge in [-0.1, -0.05) is 35.5 Å². The van der Waals surface area contributed by atoms with Crippen molar-refractivity contribution in [1.29, 1.82) is 0 Å². The molecule has 3 rings (SSSR count). The first-order valence-electron chi connectivity index (χ1n) is 8.27. The van der Waals surface area contributed by atoms with Gasteiger partial charge in [0.25, 0.3) is 0 Å². The highest BCUT2D eigenvalue weighted by molar-refractivity contribution is 7.91. The SMILES string of the molecule is COCCN(C(=O)Nc1cc(-c2ccccc2)on1)C1CCS(=O)(=O)C1. The van der Waals surface area contributed by atoms with Crippen LogP contribution < -0.4 is 5.32 Å². The van der Waals surface area contributed by atoms with Crippen LogP contribution in [0.2, 0.25) is 0 Å². The second kappa shape index (κ2) is 7.88. The number of hydrogen-bond donors (Lipinski definition) is 1. The summed E-state index contributed by atoms with van der Waals surface area (Å²) >= 11 is 0. The molecule has 1 aromatic heterocycles. The molecule has 140 valence electrons. The normalized spacial score (nSPS) is 18.6. The molecular weight excluding hydrogens is 358 g/mol. The van der Waals surface area contributed by atoms with Crippen LogP contribution in [0.25, 0.3) is 11.3 Å². The minimum Gasteiger partial charge on any atom is -0.383 e. The highest BCUT2D eigenvalue weighted by Crippen LogP contribution is 2.23. The standard InChI is InChI=1S/C17H21N3O5S/c1-24-9-8-20(14-7-10-26(22,23)12-14)17(21)18-16-11-15(25-19-16)13-5-3-2-4-6-13/h2-6,11,14H,7-10,12H2,1H3,(H,18,19,21). The van der Waals surface area contributed by atoms with Crippen LogP contribution >= 0.6 is 0 Å². The summed E-state index contributed by atoms with van der Waals surface area (Å²) in [6.45, 7) is 0.615. The van der Waals surface area contributed by atoms with Gasteiger partial charge >= 0.3 is 6.03 Å². The number of urea groups is 1. The third-order valence-corrected chi connectivity index (χ3v) is 6.00. The Morgan fingerprint density at radius 3 is 2.81 bits per heavy atom. The molecule has 0 bridgehead atoms. The van der Waals surface area contributed by atoms with Crippen molar-refractivity contribution in [1.82, 2.24) is 10.1 Å². The number of aromatic nitrogens is 1. The number of nitrogens with zero attached hydrogens (tertiary/aromatic N) is 2. The van der Waals surface area contributed by atoms with Crippen molar-refractivity contribution >= 4 is 21.7 Å². The average molecular weight is 379 g/mol. The fraction of sp³-hybridized carbons (Fsp3) is 0.412. The topological polar surface area (TPSA) is 102 Å². The van der Waals surface area contributed by atoms with Gasteiger partial charge in [0.2, 0.25) is 0 Å². The van der Waals surface area contributed by atoms with Gasteiger partial charge in [0.1, 0.15) is 0 Å². The second-order valence-electron chi connectivity index (χ2n) is 6.12. The lowest BCUT2D eigenvalue weighted by Crippen LogP contribution is -2.45. The van der Waals surface area contributed by atoms with Crippen LogP contribution in [0.1, 0.15) is 6.42 Å². The number of carbonyl (C=O) groups is 1. The van der Waals surface area contributed by atoms with Gasteiger partial charge in [-0.25, -0.2) is 13.2 Å². The summed E-state index contributed by atoms with van der Waals surface area (Å²) < 4.78 is 33.8. The van der Waals surface area contributed by atoms with E-state index in [4.69, 9.17) is 9.26 Å². The zero-order valence-corrected chi connectivity index (χ0v) is 15.2. The number of ether oxygens (including phenoxy) is 1. The van der Waals surface area contributed by atoms with Crippen molar-refractivity contribution in [3.63, 3.8) is 0 Å². The zero-order valence-electron chi connectivity index (χ0n) is 14.4. The number of carbonyl (C=O) groups excluding carboxylic acids is 1. The molecule has 1 aromatic carbocycles. The molecule has 1 N–H and O–H groups in total. The molecule has 1 unspecified atom stereocenters. The molecule has 0 saturated carbocycles. The van der Waals surface area contributed by atoms with Gasteiger partial charge < -0.3 is 14.2 Å². The number of sulfone groups is 1. The van der Waals surface area contributed by atoms with Crippen molar-refractivity contribution < 1.29 is 22.5 Å². The van der Waals surface area contributed by atoms with Gasteiger partial charge in [0.15, 0.2) is 21.4 Å². The number of nitrogens with one attached hydrogen (secondary N) is 1. The van der Waals surface area contributed by atoms with Crippen LogP contribution in [0, 0.1) is 0 Å². The molecule has 9 heteroatoms. The van der Waals surface area contributed by atoms with Crippen molar-refractivity contribution in [2.75, 3.05) is 37.1 Å². The zero-order chi connectivity index (χ0) is 18.6. The molecule has 2 amide bonds. The van der Waals surface area contributed by atoms with E-state index in [1.165, 1.54) is 12.0 Å². The van der Waals surface area contributed by atoms with Crippen LogP contribution in [-0.2, 0) is 14.6 Å². The van der Waals surface area contributed by atoms with E-state index in [1.54, 1.807) is 6.07 Å². The quantitative estimate of drug-likeness (QED) is 0.824. The maximum atomic E-state index is 12.6. The van der Waals surface area contributed by atoms with E-state index in [0.717, 1.165) is 5.56 Å². The first-order valence-corrected chi connectivity index (χ1v) is 10.1. The Balaban J connectivity index is 1.70. The van der Waals surface area contributed by atoms with Crippen LogP contribution in [-0.4, -0.2) is 62.3 Å². The molecular formula is C17H21N3O5S. The average Bonchev–Trinajstić information content (AvgIpc) is 3.22. The lowest BCUT2D eigenvalue weighted by atomic mass is 10.2. The van der Waals surface area contributed by atoms with E-state index in [1.807, 2.05) is 30.3 Å². The Hall–Kier alpha value is -2.39. The Bertz CT molecular complexity index is 850. The van der Waals surface area contributed by atoms with Crippen molar-refractivity contribution in [2.24, 2.45) is 0 Å². The van der Waals surface area contributed by atoms with Crippen molar-refractivity contribution in [3.05, 3.63) is 36.4 Å². The summed E-state index contributed by atoms with van der Waals surface area (Å²) in [7, 11) is -1.57. The summed E-state index contributed by atoms with van der Waals surface area (Å²) in [6, 6.07) is 10.2. The lowest BCUT2D eigenvalue weighted by molar-refractivity contribution is 0.140. The summed E-state index contributed by atoms with van der Waals surface area (Å²) in [5.41, 5.74) is 0.846. The molecule has 0 radical (unpaired) electrons. The molecule has 1 fully saturated rings. The van der Waals surface area contributed by atoms with Crippen LogP contribution in [0.3, 0.4) is 0 Å². The lowest BCUT2D eigenvalue weighted by Gasteiger charge is -2.27. The van der Waals surface area contributed by atoms with E-state index in [-0.39, 0.29) is 23.4 Å². The smallest absolute Gasteiger partial charge is 0.323 e. The van der Waals surface area contributed by atoms with E-state index >= 15 is 0 Å². The van der Waals surface area contributed by atoms with E-state index < -0.39 is 15.9 Å². The van der Waals surface area contributed by atoms with Crippen molar-refractivity contribution in [2.45, 2.75) is 12.5 Å². The summed E-state index contributed by atoms with van der Waals surface area (Å²) in [6.07, 6.45) is 0.424. The molecule has 26 heavy (non-hydrogen) atoms. The Morgan fingerprint density at radius 2 is 2.15 bits per heavy atom. The van der Waals surface area contributed by atoms with Crippen LogP contribution in [0.15, 0.2) is 40.9 Å². The third kappa shape index (κ3) is 4.41. The van der Waals surface area contributed by atoms with Gasteiger partial charge in [-0.2, -0.15) is 0 Å².